The molecule has 4 nitrogen and oxygen atoms in total. The van der Waals surface area contributed by atoms with Crippen molar-refractivity contribution in [3.8, 4) is 0 Å². The number of hydrogen-bond acceptors (Lipinski definition) is 2. The molecule has 0 bridgehead atoms. The average molecular weight is 237 g/mol. The highest BCUT2D eigenvalue weighted by Gasteiger charge is 2.33. The Hall–Kier alpha value is -1.91. The van der Waals surface area contributed by atoms with Crippen LogP contribution in [0.2, 0.25) is 0 Å². The van der Waals surface area contributed by atoms with Gasteiger partial charge in [-0.1, -0.05) is 0 Å². The number of carbonyl (C=O) groups excluding carboxylic acids is 1. The van der Waals surface area contributed by atoms with Crippen LogP contribution in [-0.4, -0.2) is 23.5 Å². The highest BCUT2D eigenvalue weighted by atomic mass is 19.1. The van der Waals surface area contributed by atoms with E-state index >= 15 is 0 Å². The van der Waals surface area contributed by atoms with Gasteiger partial charge in [-0.3, -0.25) is 9.59 Å². The second-order valence-electron chi connectivity index (χ2n) is 4.05. The van der Waals surface area contributed by atoms with E-state index in [9.17, 15) is 14.0 Å². The van der Waals surface area contributed by atoms with Crippen LogP contribution in [0, 0.1) is 11.7 Å². The number of carboxylic acids is 1. The van der Waals surface area contributed by atoms with E-state index in [1.54, 1.807) is 0 Å². The van der Waals surface area contributed by atoms with Gasteiger partial charge in [0.25, 0.3) is 0 Å². The maximum atomic E-state index is 12.7. The molecular weight excluding hydrogens is 225 g/mol. The molecule has 1 aliphatic heterocycles. The van der Waals surface area contributed by atoms with E-state index < -0.39 is 11.9 Å². The molecule has 1 unspecified atom stereocenters. The van der Waals surface area contributed by atoms with E-state index in [1.807, 2.05) is 0 Å². The number of halogens is 1. The largest absolute Gasteiger partial charge is 0.481 e. The van der Waals surface area contributed by atoms with E-state index in [1.165, 1.54) is 29.2 Å². The number of rotatable bonds is 3. The number of carbonyl (C=O) groups is 2. The summed E-state index contributed by atoms with van der Waals surface area (Å²) >= 11 is 0. The van der Waals surface area contributed by atoms with Crippen LogP contribution in [0.4, 0.5) is 10.1 Å². The molecule has 1 aromatic rings. The SMILES string of the molecule is O=C(O)CC1CCN(c2ccc(F)cc2)C1=O. The fourth-order valence-electron chi connectivity index (χ4n) is 2.02. The van der Waals surface area contributed by atoms with E-state index in [2.05, 4.69) is 0 Å². The molecule has 0 aliphatic carbocycles. The lowest BCUT2D eigenvalue weighted by Crippen LogP contribution is -2.27. The minimum Gasteiger partial charge on any atom is -0.481 e. The molecule has 2 rings (SSSR count). The molecule has 0 aromatic heterocycles. The quantitative estimate of drug-likeness (QED) is 0.869. The second kappa shape index (κ2) is 4.53. The number of anilines is 1. The Morgan fingerprint density at radius 3 is 2.65 bits per heavy atom. The molecule has 1 aliphatic rings. The molecule has 0 saturated carbocycles. The van der Waals surface area contributed by atoms with E-state index in [4.69, 9.17) is 5.11 Å². The van der Waals surface area contributed by atoms with Crippen LogP contribution >= 0.6 is 0 Å². The predicted octanol–water partition coefficient (Wildman–Crippen LogP) is 1.65. The number of amides is 1. The summed E-state index contributed by atoms with van der Waals surface area (Å²) in [5.74, 6) is -1.98. The van der Waals surface area contributed by atoms with Crippen molar-refractivity contribution < 1.29 is 19.1 Å². The lowest BCUT2D eigenvalue weighted by molar-refractivity contribution is -0.140. The van der Waals surface area contributed by atoms with Crippen LogP contribution in [0.25, 0.3) is 0 Å². The number of carboxylic acid groups (broad SMARTS) is 1. The number of hydrogen-bond donors (Lipinski definition) is 1. The molecule has 1 N–H and O–H groups in total. The van der Waals surface area contributed by atoms with Gasteiger partial charge in [0.1, 0.15) is 5.82 Å². The number of aliphatic carboxylic acids is 1. The third-order valence-electron chi connectivity index (χ3n) is 2.88. The Balaban J connectivity index is 2.12. The summed E-state index contributed by atoms with van der Waals surface area (Å²) in [5, 5.41) is 8.66. The standard InChI is InChI=1S/C12H12FNO3/c13-9-1-3-10(4-2-9)14-6-5-8(12(14)17)7-11(15)16/h1-4,8H,5-7H2,(H,15,16). The summed E-state index contributed by atoms with van der Waals surface area (Å²) in [6.45, 7) is 0.489. The molecule has 17 heavy (non-hydrogen) atoms. The molecule has 0 radical (unpaired) electrons. The first kappa shape index (κ1) is 11.6. The zero-order valence-electron chi connectivity index (χ0n) is 9.10. The summed E-state index contributed by atoms with van der Waals surface area (Å²) < 4.78 is 12.7. The van der Waals surface area contributed by atoms with Crippen LogP contribution in [-0.2, 0) is 9.59 Å². The molecule has 1 aromatic carbocycles. The first-order chi connectivity index (χ1) is 8.08. The fourth-order valence-corrected chi connectivity index (χ4v) is 2.02. The number of benzene rings is 1. The topological polar surface area (TPSA) is 57.6 Å². The Morgan fingerprint density at radius 1 is 1.41 bits per heavy atom. The molecule has 0 spiro atoms. The van der Waals surface area contributed by atoms with Gasteiger partial charge < -0.3 is 10.0 Å². The highest BCUT2D eigenvalue weighted by molar-refractivity contribution is 5.98. The lowest BCUT2D eigenvalue weighted by Gasteiger charge is -2.16. The zero-order chi connectivity index (χ0) is 12.4. The van der Waals surface area contributed by atoms with Gasteiger partial charge in [-0.05, 0) is 30.7 Å². The van der Waals surface area contributed by atoms with E-state index in [-0.39, 0.29) is 18.1 Å². The predicted molar refractivity (Wildman–Crippen MR) is 59.1 cm³/mol. The monoisotopic (exact) mass is 237 g/mol. The van der Waals surface area contributed by atoms with Crippen LogP contribution in [0.5, 0.6) is 0 Å². The summed E-state index contributed by atoms with van der Waals surface area (Å²) in [5.41, 5.74) is 0.615. The maximum absolute atomic E-state index is 12.7. The minimum atomic E-state index is -0.968. The van der Waals surface area contributed by atoms with Gasteiger partial charge in [-0.25, -0.2) is 4.39 Å². The van der Waals surface area contributed by atoms with Gasteiger partial charge in [0, 0.05) is 12.2 Å². The minimum absolute atomic E-state index is 0.142. The third-order valence-corrected chi connectivity index (χ3v) is 2.88. The summed E-state index contributed by atoms with van der Waals surface area (Å²) in [7, 11) is 0. The lowest BCUT2D eigenvalue weighted by atomic mass is 10.0. The fraction of sp³-hybridized carbons (Fsp3) is 0.333. The maximum Gasteiger partial charge on any atom is 0.304 e. The van der Waals surface area contributed by atoms with Gasteiger partial charge in [0.15, 0.2) is 0 Å². The molecule has 1 heterocycles. The Labute approximate surface area is 97.7 Å². The van der Waals surface area contributed by atoms with E-state index in [0.717, 1.165) is 0 Å². The molecule has 1 atom stereocenters. The van der Waals surface area contributed by atoms with Crippen molar-refractivity contribution in [2.75, 3.05) is 11.4 Å². The van der Waals surface area contributed by atoms with Crippen LogP contribution in [0.1, 0.15) is 12.8 Å². The van der Waals surface area contributed by atoms with Crippen molar-refractivity contribution >= 4 is 17.6 Å². The second-order valence-corrected chi connectivity index (χ2v) is 4.05. The van der Waals surface area contributed by atoms with Gasteiger partial charge in [-0.15, -0.1) is 0 Å². The van der Waals surface area contributed by atoms with Crippen LogP contribution in [0.15, 0.2) is 24.3 Å². The van der Waals surface area contributed by atoms with Crippen molar-refractivity contribution in [2.24, 2.45) is 5.92 Å². The normalized spacial score (nSPS) is 19.7. The highest BCUT2D eigenvalue weighted by Crippen LogP contribution is 2.27. The Kier molecular flexibility index (Phi) is 3.08. The molecule has 5 heteroatoms. The molecule has 1 amide bonds. The van der Waals surface area contributed by atoms with E-state index in [0.29, 0.717) is 18.7 Å². The van der Waals surface area contributed by atoms with Crippen molar-refractivity contribution in [3.05, 3.63) is 30.1 Å². The van der Waals surface area contributed by atoms with Crippen molar-refractivity contribution in [1.29, 1.82) is 0 Å². The Bertz CT molecular complexity index is 444. The van der Waals surface area contributed by atoms with Crippen molar-refractivity contribution in [2.45, 2.75) is 12.8 Å². The zero-order valence-corrected chi connectivity index (χ0v) is 9.10. The van der Waals surface area contributed by atoms with Crippen LogP contribution in [0.3, 0.4) is 0 Å². The Morgan fingerprint density at radius 2 is 2.06 bits per heavy atom. The van der Waals surface area contributed by atoms with Gasteiger partial charge in [-0.2, -0.15) is 0 Å². The average Bonchev–Trinajstić information content (AvgIpc) is 2.61. The molecule has 1 saturated heterocycles. The number of nitrogens with zero attached hydrogens (tertiary/aromatic N) is 1. The van der Waals surface area contributed by atoms with Crippen molar-refractivity contribution in [1.82, 2.24) is 0 Å². The third kappa shape index (κ3) is 2.43. The van der Waals surface area contributed by atoms with Gasteiger partial charge in [0.05, 0.1) is 12.3 Å². The summed E-state index contributed by atoms with van der Waals surface area (Å²) in [6, 6.07) is 5.62. The first-order valence-electron chi connectivity index (χ1n) is 5.36. The van der Waals surface area contributed by atoms with Crippen LogP contribution < -0.4 is 4.90 Å². The van der Waals surface area contributed by atoms with Gasteiger partial charge in [0.2, 0.25) is 5.91 Å². The summed E-state index contributed by atoms with van der Waals surface area (Å²) in [4.78, 5) is 24.0. The smallest absolute Gasteiger partial charge is 0.304 e. The summed E-state index contributed by atoms with van der Waals surface area (Å²) in [6.07, 6.45) is 0.388. The first-order valence-corrected chi connectivity index (χ1v) is 5.36. The molecule has 90 valence electrons. The van der Waals surface area contributed by atoms with Gasteiger partial charge >= 0.3 is 5.97 Å². The molecular formula is C12H12FNO3. The van der Waals surface area contributed by atoms with Crippen molar-refractivity contribution in [3.63, 3.8) is 0 Å². The molecule has 1 fully saturated rings.